The Bertz CT molecular complexity index is 291. The van der Waals surface area contributed by atoms with Gasteiger partial charge < -0.3 is 9.47 Å². The van der Waals surface area contributed by atoms with Crippen LogP contribution >= 0.6 is 0 Å². The molecule has 0 bridgehead atoms. The van der Waals surface area contributed by atoms with Gasteiger partial charge in [-0.3, -0.25) is 0 Å². The van der Waals surface area contributed by atoms with Gasteiger partial charge in [0, 0.05) is 0 Å². The van der Waals surface area contributed by atoms with Crippen molar-refractivity contribution in [3.05, 3.63) is 0 Å². The van der Waals surface area contributed by atoms with Crippen LogP contribution in [0.25, 0.3) is 0 Å². The summed E-state index contributed by atoms with van der Waals surface area (Å²) in [4.78, 5) is 0. The quantitative estimate of drug-likeness (QED) is 0.560. The van der Waals surface area contributed by atoms with E-state index >= 15 is 0 Å². The van der Waals surface area contributed by atoms with Crippen molar-refractivity contribution >= 4 is 0 Å². The van der Waals surface area contributed by atoms with Gasteiger partial charge in [-0.05, 0) is 12.8 Å². The lowest BCUT2D eigenvalue weighted by Crippen LogP contribution is -2.55. The minimum atomic E-state index is -5.98. The zero-order valence-corrected chi connectivity index (χ0v) is 11.1. The van der Waals surface area contributed by atoms with Crippen molar-refractivity contribution in [2.75, 3.05) is 13.2 Å². The first-order chi connectivity index (χ1) is 9.33. The highest BCUT2D eigenvalue weighted by Crippen LogP contribution is 2.45. The smallest absolute Gasteiger partial charge is 0.313 e. The molecule has 0 unspecified atom stereocenters. The Kier molecular flexibility index (Phi) is 6.83. The number of alkyl halides is 8. The predicted molar refractivity (Wildman–Crippen MR) is 53.4 cm³/mol. The number of ether oxygens (including phenoxy) is 3. The van der Waals surface area contributed by atoms with Crippen LogP contribution in [-0.2, 0) is 14.2 Å². The molecule has 0 spiro atoms. The van der Waals surface area contributed by atoms with Gasteiger partial charge in [0.2, 0.25) is 0 Å². The van der Waals surface area contributed by atoms with E-state index in [1.165, 1.54) is 13.8 Å². The Hall–Kier alpha value is -0.680. The molecule has 3 nitrogen and oxygen atoms in total. The minimum Gasteiger partial charge on any atom is -0.313 e. The van der Waals surface area contributed by atoms with Gasteiger partial charge in [0.05, 0.1) is 13.2 Å². The van der Waals surface area contributed by atoms with Gasteiger partial charge in [-0.2, -0.15) is 35.1 Å². The molecule has 0 aromatic rings. The van der Waals surface area contributed by atoms with Gasteiger partial charge >= 0.3 is 24.4 Å². The molecule has 128 valence electrons. The van der Waals surface area contributed by atoms with Crippen molar-refractivity contribution in [3.63, 3.8) is 0 Å². The second-order valence-corrected chi connectivity index (χ2v) is 3.87. The zero-order chi connectivity index (χ0) is 16.9. The van der Waals surface area contributed by atoms with E-state index in [2.05, 4.69) is 14.2 Å². The summed E-state index contributed by atoms with van der Waals surface area (Å²) >= 11 is 0. The van der Waals surface area contributed by atoms with Gasteiger partial charge in [-0.25, -0.2) is 4.74 Å². The van der Waals surface area contributed by atoms with E-state index in [9.17, 15) is 35.1 Å². The van der Waals surface area contributed by atoms with E-state index in [4.69, 9.17) is 0 Å². The summed E-state index contributed by atoms with van der Waals surface area (Å²) in [6, 6.07) is 0. The van der Waals surface area contributed by atoms with Crippen LogP contribution in [0.5, 0.6) is 0 Å². The van der Waals surface area contributed by atoms with Crippen molar-refractivity contribution in [2.45, 2.75) is 51.1 Å². The van der Waals surface area contributed by atoms with Crippen molar-refractivity contribution in [1.82, 2.24) is 0 Å². The van der Waals surface area contributed by atoms with E-state index in [-0.39, 0.29) is 12.8 Å². The molecule has 0 radical (unpaired) electrons. The summed E-state index contributed by atoms with van der Waals surface area (Å²) in [5, 5.41) is 0. The van der Waals surface area contributed by atoms with Crippen LogP contribution in [0, 0.1) is 0 Å². The van der Waals surface area contributed by atoms with E-state index < -0.39 is 37.6 Å². The Morgan fingerprint density at radius 1 is 0.571 bits per heavy atom. The van der Waals surface area contributed by atoms with E-state index in [0.717, 1.165) is 0 Å². The summed E-state index contributed by atoms with van der Waals surface area (Å²) < 4.78 is 112. The van der Waals surface area contributed by atoms with Crippen molar-refractivity contribution < 1.29 is 49.3 Å². The molecule has 0 atom stereocenters. The Morgan fingerprint density at radius 3 is 1.10 bits per heavy atom. The summed E-state index contributed by atoms with van der Waals surface area (Å²) in [6.45, 7) is 0.716. The summed E-state index contributed by atoms with van der Waals surface area (Å²) in [6.07, 6.45) is -23.3. The highest BCUT2D eigenvalue weighted by Gasteiger charge is 2.71. The first kappa shape index (κ1) is 20.3. The molecule has 0 rings (SSSR count). The third kappa shape index (κ3) is 5.22. The van der Waals surface area contributed by atoms with Gasteiger partial charge in [0.1, 0.15) is 0 Å². The molecule has 0 aliphatic heterocycles. The highest BCUT2D eigenvalue weighted by atomic mass is 19.3. The van der Waals surface area contributed by atoms with Gasteiger partial charge in [-0.1, -0.05) is 13.8 Å². The van der Waals surface area contributed by atoms with Crippen molar-refractivity contribution in [1.29, 1.82) is 0 Å². The first-order valence-corrected chi connectivity index (χ1v) is 5.82. The third-order valence-electron chi connectivity index (χ3n) is 1.91. The maximum Gasteiger partial charge on any atom is 0.453 e. The molecule has 0 fully saturated rings. The van der Waals surface area contributed by atoms with Crippen LogP contribution in [0.1, 0.15) is 26.7 Å². The number of rotatable bonds is 10. The van der Waals surface area contributed by atoms with E-state index in [1.807, 2.05) is 0 Å². The van der Waals surface area contributed by atoms with Gasteiger partial charge in [0.25, 0.3) is 0 Å². The molecular weight excluding hydrogens is 320 g/mol. The largest absolute Gasteiger partial charge is 0.453 e. The maximum absolute atomic E-state index is 12.9. The fraction of sp³-hybridized carbons (Fsp3) is 1.00. The normalized spacial score (nSPS) is 14.6. The summed E-state index contributed by atoms with van der Waals surface area (Å²) in [5.74, 6) is 0. The fourth-order valence-electron chi connectivity index (χ4n) is 0.908. The average Bonchev–Trinajstić information content (AvgIpc) is 2.32. The molecule has 0 heterocycles. The van der Waals surface area contributed by atoms with Gasteiger partial charge in [-0.15, -0.1) is 0 Å². The molecule has 0 saturated heterocycles. The monoisotopic (exact) mass is 334 g/mol. The second kappa shape index (κ2) is 7.05. The minimum absolute atomic E-state index is 0.141. The molecule has 0 aliphatic rings. The molecule has 0 aromatic carbocycles. The molecule has 11 heteroatoms. The van der Waals surface area contributed by atoms with Gasteiger partial charge in [0.15, 0.2) is 0 Å². The molecule has 0 amide bonds. The Balaban J connectivity index is 5.04. The second-order valence-electron chi connectivity index (χ2n) is 3.87. The van der Waals surface area contributed by atoms with Crippen LogP contribution in [0.3, 0.4) is 0 Å². The topological polar surface area (TPSA) is 27.7 Å². The standard InChI is InChI=1S/C10H14F8O3/c1-3-5-19-7(11,12)9(15,16)21-10(17,18)8(13,14)20-6-4-2/h3-6H2,1-2H3. The summed E-state index contributed by atoms with van der Waals surface area (Å²) in [7, 11) is 0. The number of hydrogen-bond acceptors (Lipinski definition) is 3. The lowest BCUT2D eigenvalue weighted by atomic mass is 10.5. The van der Waals surface area contributed by atoms with Crippen LogP contribution in [-0.4, -0.2) is 37.6 Å². The van der Waals surface area contributed by atoms with E-state index in [0.29, 0.717) is 0 Å². The average molecular weight is 334 g/mol. The van der Waals surface area contributed by atoms with Crippen LogP contribution in [0.2, 0.25) is 0 Å². The number of halogens is 8. The Labute approximate surface area is 115 Å². The molecule has 0 saturated carbocycles. The molecule has 0 aliphatic carbocycles. The summed E-state index contributed by atoms with van der Waals surface area (Å²) in [5.41, 5.74) is 0. The predicted octanol–water partition coefficient (Wildman–Crippen LogP) is 4.23. The van der Waals surface area contributed by atoms with Crippen LogP contribution in [0.4, 0.5) is 35.1 Å². The fourth-order valence-corrected chi connectivity index (χ4v) is 0.908. The molecule has 0 aromatic heterocycles. The molecule has 0 N–H and O–H groups in total. The van der Waals surface area contributed by atoms with Crippen LogP contribution < -0.4 is 0 Å². The maximum atomic E-state index is 12.9. The lowest BCUT2D eigenvalue weighted by molar-refractivity contribution is -0.528. The molecular formula is C10H14F8O3. The highest BCUT2D eigenvalue weighted by molar-refractivity contribution is 4.74. The number of hydrogen-bond donors (Lipinski definition) is 0. The lowest BCUT2D eigenvalue weighted by Gasteiger charge is -2.31. The third-order valence-corrected chi connectivity index (χ3v) is 1.91. The van der Waals surface area contributed by atoms with Crippen LogP contribution in [0.15, 0.2) is 0 Å². The SMILES string of the molecule is CCCOC(F)(F)C(F)(F)OC(F)(F)C(F)(F)OCCC. The van der Waals surface area contributed by atoms with Crippen molar-refractivity contribution in [3.8, 4) is 0 Å². The first-order valence-electron chi connectivity index (χ1n) is 5.82. The zero-order valence-electron chi connectivity index (χ0n) is 11.1. The van der Waals surface area contributed by atoms with Crippen molar-refractivity contribution in [2.24, 2.45) is 0 Å². The molecule has 21 heavy (non-hydrogen) atoms. The Morgan fingerprint density at radius 2 is 0.857 bits per heavy atom. The van der Waals surface area contributed by atoms with E-state index in [1.54, 1.807) is 0 Å².